The second-order valence-electron chi connectivity index (χ2n) is 9.99. The van der Waals surface area contributed by atoms with Crippen molar-refractivity contribution < 1.29 is 9.53 Å². The minimum atomic E-state index is 0.0713. The Bertz CT molecular complexity index is 1170. The van der Waals surface area contributed by atoms with Gasteiger partial charge in [-0.3, -0.25) is 4.79 Å². The number of fused-ring (bicyclic) bond motifs is 1. The van der Waals surface area contributed by atoms with Gasteiger partial charge in [0.1, 0.15) is 11.3 Å². The van der Waals surface area contributed by atoms with E-state index in [4.69, 9.17) is 9.84 Å². The van der Waals surface area contributed by atoms with Crippen molar-refractivity contribution >= 4 is 22.6 Å². The zero-order valence-corrected chi connectivity index (χ0v) is 21.1. The van der Waals surface area contributed by atoms with Gasteiger partial charge in [-0.1, -0.05) is 25.7 Å². The summed E-state index contributed by atoms with van der Waals surface area (Å²) in [5.74, 6) is 1.93. The highest BCUT2D eigenvalue weighted by molar-refractivity contribution is 5.92. The maximum Gasteiger partial charge on any atom is 0.223 e. The number of rotatable bonds is 5. The Morgan fingerprint density at radius 2 is 1.66 bits per heavy atom. The summed E-state index contributed by atoms with van der Waals surface area (Å²) in [5.41, 5.74) is 3.75. The van der Waals surface area contributed by atoms with Crippen molar-refractivity contribution in [1.82, 2.24) is 25.3 Å². The molecule has 1 amide bonds. The molecule has 0 bridgehead atoms. The minimum Gasteiger partial charge on any atom is -0.497 e. The van der Waals surface area contributed by atoms with Gasteiger partial charge in [0.15, 0.2) is 5.82 Å². The maximum atomic E-state index is 12.9. The number of piperidine rings is 1. The number of carbonyl (C=O) groups excluding carboxylic acids is 1. The predicted octanol–water partition coefficient (Wildman–Crippen LogP) is 4.50. The van der Waals surface area contributed by atoms with Crippen molar-refractivity contribution in [2.75, 3.05) is 25.1 Å². The number of hydrogen-bond donors (Lipinski definition) is 1. The molecular weight excluding hydrogens is 440 g/mol. The standard InChI is InChI=1S/C27H36N6O2/c1-18-24-19(2)33(22-10-12-23(35-3)13-11-22)31-25(24)26(30-29-18)32-16-14-20(15-17-32)27(34)28-21-8-6-4-5-7-9-21/h10-13,20-21H,4-9,14-17H2,1-3H3,(H,28,34). The summed E-state index contributed by atoms with van der Waals surface area (Å²) in [7, 11) is 1.67. The summed E-state index contributed by atoms with van der Waals surface area (Å²) in [4.78, 5) is 15.2. The van der Waals surface area contributed by atoms with E-state index in [2.05, 4.69) is 27.3 Å². The van der Waals surface area contributed by atoms with Gasteiger partial charge in [0.25, 0.3) is 0 Å². The van der Waals surface area contributed by atoms with Crippen LogP contribution in [-0.4, -0.2) is 52.1 Å². The molecule has 0 radical (unpaired) electrons. The largest absolute Gasteiger partial charge is 0.497 e. The van der Waals surface area contributed by atoms with Crippen molar-refractivity contribution in [2.24, 2.45) is 5.92 Å². The van der Waals surface area contributed by atoms with Crippen LogP contribution < -0.4 is 15.0 Å². The summed E-state index contributed by atoms with van der Waals surface area (Å²) in [5, 5.41) is 18.4. The van der Waals surface area contributed by atoms with Crippen LogP contribution in [0.3, 0.4) is 0 Å². The molecule has 2 fully saturated rings. The number of anilines is 1. The summed E-state index contributed by atoms with van der Waals surface area (Å²) < 4.78 is 7.26. The average Bonchev–Trinajstić information content (AvgIpc) is 3.04. The van der Waals surface area contributed by atoms with Crippen LogP contribution in [0.25, 0.3) is 16.6 Å². The summed E-state index contributed by atoms with van der Waals surface area (Å²) >= 11 is 0. The number of aromatic nitrogens is 4. The van der Waals surface area contributed by atoms with Gasteiger partial charge in [0.05, 0.1) is 29.6 Å². The molecule has 1 saturated carbocycles. The van der Waals surface area contributed by atoms with E-state index in [0.717, 1.165) is 78.3 Å². The van der Waals surface area contributed by atoms with Gasteiger partial charge in [0, 0.05) is 25.0 Å². The van der Waals surface area contributed by atoms with Crippen molar-refractivity contribution in [2.45, 2.75) is 71.3 Å². The Labute approximate surface area is 207 Å². The molecule has 2 aliphatic rings. The fraction of sp³-hybridized carbons (Fsp3) is 0.556. The molecule has 8 heteroatoms. The van der Waals surface area contributed by atoms with Crippen molar-refractivity contribution in [3.05, 3.63) is 35.7 Å². The van der Waals surface area contributed by atoms with E-state index in [9.17, 15) is 4.79 Å². The van der Waals surface area contributed by atoms with E-state index in [-0.39, 0.29) is 11.8 Å². The van der Waals surface area contributed by atoms with Crippen LogP contribution in [-0.2, 0) is 4.79 Å². The van der Waals surface area contributed by atoms with Crippen LogP contribution in [0.5, 0.6) is 5.75 Å². The second-order valence-corrected chi connectivity index (χ2v) is 9.99. The van der Waals surface area contributed by atoms with Crippen LogP contribution in [0.1, 0.15) is 62.8 Å². The number of nitrogens with zero attached hydrogens (tertiary/aromatic N) is 5. The lowest BCUT2D eigenvalue weighted by atomic mass is 9.95. The smallest absolute Gasteiger partial charge is 0.223 e. The number of amides is 1. The van der Waals surface area contributed by atoms with Gasteiger partial charge in [0.2, 0.25) is 5.91 Å². The maximum absolute atomic E-state index is 12.9. The van der Waals surface area contributed by atoms with Gasteiger partial charge >= 0.3 is 0 Å². The van der Waals surface area contributed by atoms with Crippen molar-refractivity contribution in [1.29, 1.82) is 0 Å². The number of nitrogens with one attached hydrogen (secondary N) is 1. The molecule has 2 aromatic heterocycles. The number of aryl methyl sites for hydroxylation is 2. The number of carbonyl (C=O) groups is 1. The molecule has 0 unspecified atom stereocenters. The average molecular weight is 477 g/mol. The molecule has 186 valence electrons. The SMILES string of the molecule is COc1ccc(-n2nc3c(N4CCC(C(=O)NC5CCCCCC5)CC4)nnc(C)c3c2C)cc1. The van der Waals surface area contributed by atoms with E-state index in [1.807, 2.05) is 35.9 Å². The quantitative estimate of drug-likeness (QED) is 0.546. The fourth-order valence-corrected chi connectivity index (χ4v) is 5.60. The van der Waals surface area contributed by atoms with E-state index in [0.29, 0.717) is 6.04 Å². The van der Waals surface area contributed by atoms with E-state index >= 15 is 0 Å². The highest BCUT2D eigenvalue weighted by atomic mass is 16.5. The molecular formula is C27H36N6O2. The molecule has 3 aromatic rings. The summed E-state index contributed by atoms with van der Waals surface area (Å²) in [6.45, 7) is 5.62. The van der Waals surface area contributed by atoms with Crippen LogP contribution in [0.15, 0.2) is 24.3 Å². The Balaban J connectivity index is 1.33. The zero-order chi connectivity index (χ0) is 24.4. The number of benzene rings is 1. The molecule has 1 aliphatic heterocycles. The Morgan fingerprint density at radius 1 is 0.971 bits per heavy atom. The summed E-state index contributed by atoms with van der Waals surface area (Å²) in [6, 6.07) is 8.25. The molecule has 35 heavy (non-hydrogen) atoms. The lowest BCUT2D eigenvalue weighted by Gasteiger charge is -2.32. The number of methoxy groups -OCH3 is 1. The van der Waals surface area contributed by atoms with Crippen LogP contribution in [0.2, 0.25) is 0 Å². The van der Waals surface area contributed by atoms with Crippen LogP contribution in [0.4, 0.5) is 5.82 Å². The molecule has 0 spiro atoms. The lowest BCUT2D eigenvalue weighted by Crippen LogP contribution is -2.44. The highest BCUT2D eigenvalue weighted by Gasteiger charge is 2.29. The first kappa shape index (κ1) is 23.6. The van der Waals surface area contributed by atoms with Crippen LogP contribution >= 0.6 is 0 Å². The molecule has 3 heterocycles. The van der Waals surface area contributed by atoms with Gasteiger partial charge in [-0.05, 0) is 63.8 Å². The normalized spacial score (nSPS) is 18.0. The van der Waals surface area contributed by atoms with Crippen LogP contribution in [0, 0.1) is 19.8 Å². The first-order valence-corrected chi connectivity index (χ1v) is 13.0. The van der Waals surface area contributed by atoms with Crippen molar-refractivity contribution in [3.63, 3.8) is 0 Å². The third kappa shape index (κ3) is 4.83. The monoisotopic (exact) mass is 476 g/mol. The third-order valence-electron chi connectivity index (χ3n) is 7.67. The Kier molecular flexibility index (Phi) is 6.88. The summed E-state index contributed by atoms with van der Waals surface area (Å²) in [6.07, 6.45) is 8.95. The van der Waals surface area contributed by atoms with Gasteiger partial charge < -0.3 is 15.0 Å². The number of ether oxygens (including phenoxy) is 1. The molecule has 1 N–H and O–H groups in total. The highest BCUT2D eigenvalue weighted by Crippen LogP contribution is 2.32. The molecule has 8 nitrogen and oxygen atoms in total. The van der Waals surface area contributed by atoms with Gasteiger partial charge in [-0.15, -0.1) is 5.10 Å². The van der Waals surface area contributed by atoms with Gasteiger partial charge in [-0.2, -0.15) is 10.2 Å². The van der Waals surface area contributed by atoms with E-state index < -0.39 is 0 Å². The molecule has 1 saturated heterocycles. The molecule has 5 rings (SSSR count). The third-order valence-corrected chi connectivity index (χ3v) is 7.67. The Hall–Kier alpha value is -3.16. The first-order chi connectivity index (χ1) is 17.0. The van der Waals surface area contributed by atoms with E-state index in [1.165, 1.54) is 25.7 Å². The first-order valence-electron chi connectivity index (χ1n) is 13.0. The van der Waals surface area contributed by atoms with Crippen molar-refractivity contribution in [3.8, 4) is 11.4 Å². The zero-order valence-electron chi connectivity index (χ0n) is 21.1. The fourth-order valence-electron chi connectivity index (χ4n) is 5.60. The topological polar surface area (TPSA) is 85.2 Å². The minimum absolute atomic E-state index is 0.0713. The second kappa shape index (κ2) is 10.2. The Morgan fingerprint density at radius 3 is 2.31 bits per heavy atom. The number of hydrogen-bond acceptors (Lipinski definition) is 6. The van der Waals surface area contributed by atoms with Gasteiger partial charge in [-0.25, -0.2) is 4.68 Å². The predicted molar refractivity (Wildman–Crippen MR) is 137 cm³/mol. The molecule has 0 atom stereocenters. The molecule has 1 aromatic carbocycles. The molecule has 1 aliphatic carbocycles. The lowest BCUT2D eigenvalue weighted by molar-refractivity contribution is -0.126. The van der Waals surface area contributed by atoms with E-state index in [1.54, 1.807) is 7.11 Å².